The van der Waals surface area contributed by atoms with Gasteiger partial charge in [-0.05, 0) is 51.9 Å². The predicted molar refractivity (Wildman–Crippen MR) is 82.7 cm³/mol. The highest BCUT2D eigenvalue weighted by atomic mass is 16.5. The van der Waals surface area contributed by atoms with Crippen molar-refractivity contribution in [1.82, 2.24) is 5.32 Å². The van der Waals surface area contributed by atoms with Gasteiger partial charge in [0.25, 0.3) is 0 Å². The van der Waals surface area contributed by atoms with Crippen LogP contribution in [0.3, 0.4) is 0 Å². The summed E-state index contributed by atoms with van der Waals surface area (Å²) < 4.78 is 10.7. The summed E-state index contributed by atoms with van der Waals surface area (Å²) in [6.45, 7) is 14.8. The number of rotatable bonds is 11. The first-order valence-corrected chi connectivity index (χ1v) is 7.71. The summed E-state index contributed by atoms with van der Waals surface area (Å²) in [5.74, 6) is 0. The molecule has 1 N–H and O–H groups in total. The lowest BCUT2D eigenvalue weighted by atomic mass is 9.79. The fraction of sp³-hybridized carbons (Fsp3) is 1.00. The second-order valence-corrected chi connectivity index (χ2v) is 6.52. The van der Waals surface area contributed by atoms with Crippen LogP contribution in [0.5, 0.6) is 0 Å². The van der Waals surface area contributed by atoms with Crippen LogP contribution >= 0.6 is 0 Å². The predicted octanol–water partition coefficient (Wildman–Crippen LogP) is 3.62. The number of nitrogens with one attached hydrogen (secondary N) is 1. The summed E-state index contributed by atoms with van der Waals surface area (Å²) in [5, 5.41) is 3.65. The van der Waals surface area contributed by atoms with E-state index in [9.17, 15) is 0 Å². The fourth-order valence-corrected chi connectivity index (χ4v) is 2.09. The van der Waals surface area contributed by atoms with E-state index in [1.54, 1.807) is 7.11 Å². The second-order valence-electron chi connectivity index (χ2n) is 6.52. The summed E-state index contributed by atoms with van der Waals surface area (Å²) in [6.07, 6.45) is 4.53. The van der Waals surface area contributed by atoms with E-state index >= 15 is 0 Å². The molecule has 0 heterocycles. The minimum absolute atomic E-state index is 0.189. The van der Waals surface area contributed by atoms with E-state index < -0.39 is 0 Å². The van der Waals surface area contributed by atoms with Gasteiger partial charge in [0.05, 0.1) is 0 Å². The molecular formula is C16H35NO2. The van der Waals surface area contributed by atoms with Crippen molar-refractivity contribution in [2.24, 2.45) is 5.41 Å². The molecule has 0 aromatic carbocycles. The monoisotopic (exact) mass is 273 g/mol. The number of hydrogen-bond donors (Lipinski definition) is 1. The van der Waals surface area contributed by atoms with E-state index in [2.05, 4.69) is 39.9 Å². The van der Waals surface area contributed by atoms with Crippen LogP contribution in [-0.4, -0.2) is 39.0 Å². The Morgan fingerprint density at radius 1 is 0.947 bits per heavy atom. The van der Waals surface area contributed by atoms with E-state index in [0.717, 1.165) is 39.2 Å². The van der Waals surface area contributed by atoms with Gasteiger partial charge in [-0.15, -0.1) is 0 Å². The van der Waals surface area contributed by atoms with Gasteiger partial charge in [0.1, 0.15) is 0 Å². The van der Waals surface area contributed by atoms with E-state index in [4.69, 9.17) is 9.47 Å². The number of methoxy groups -OCH3 is 1. The van der Waals surface area contributed by atoms with Crippen LogP contribution in [0.4, 0.5) is 0 Å². The van der Waals surface area contributed by atoms with Crippen LogP contribution in [0.2, 0.25) is 0 Å². The lowest BCUT2D eigenvalue weighted by Gasteiger charge is -2.35. The van der Waals surface area contributed by atoms with Crippen molar-refractivity contribution >= 4 is 0 Å². The molecular weight excluding hydrogens is 238 g/mol. The SMILES string of the molecule is CCC(CC)(CCOCCCOC)CNC(C)(C)C. The summed E-state index contributed by atoms with van der Waals surface area (Å²) in [7, 11) is 1.73. The largest absolute Gasteiger partial charge is 0.385 e. The van der Waals surface area contributed by atoms with Gasteiger partial charge < -0.3 is 14.8 Å². The maximum atomic E-state index is 5.72. The molecule has 0 unspecified atom stereocenters. The highest BCUT2D eigenvalue weighted by Crippen LogP contribution is 2.30. The summed E-state index contributed by atoms with van der Waals surface area (Å²) in [5.41, 5.74) is 0.559. The molecule has 0 saturated heterocycles. The van der Waals surface area contributed by atoms with Crippen molar-refractivity contribution < 1.29 is 9.47 Å². The standard InChI is InChI=1S/C16H35NO2/c1-7-16(8-2,14-17-15(3,4)5)10-13-19-12-9-11-18-6/h17H,7-14H2,1-6H3. The Balaban J connectivity index is 4.01. The van der Waals surface area contributed by atoms with Crippen LogP contribution < -0.4 is 5.32 Å². The number of hydrogen-bond acceptors (Lipinski definition) is 3. The Kier molecular flexibility index (Phi) is 9.67. The van der Waals surface area contributed by atoms with Crippen LogP contribution in [0.1, 0.15) is 60.3 Å². The molecule has 3 heteroatoms. The summed E-state index contributed by atoms with van der Waals surface area (Å²) in [6, 6.07) is 0. The molecule has 0 rings (SSSR count). The number of ether oxygens (including phenoxy) is 2. The van der Waals surface area contributed by atoms with Crippen LogP contribution in [0, 0.1) is 5.41 Å². The van der Waals surface area contributed by atoms with Crippen molar-refractivity contribution in [2.75, 3.05) is 33.5 Å². The molecule has 0 radical (unpaired) electrons. The van der Waals surface area contributed by atoms with Gasteiger partial charge in [-0.1, -0.05) is 13.8 Å². The van der Waals surface area contributed by atoms with Crippen molar-refractivity contribution in [2.45, 2.75) is 65.8 Å². The van der Waals surface area contributed by atoms with Gasteiger partial charge in [-0.2, -0.15) is 0 Å². The molecule has 0 aliphatic rings. The minimum atomic E-state index is 0.189. The highest BCUT2D eigenvalue weighted by molar-refractivity contribution is 4.83. The molecule has 0 saturated carbocycles. The first-order valence-electron chi connectivity index (χ1n) is 7.71. The lowest BCUT2D eigenvalue weighted by molar-refractivity contribution is 0.0700. The average molecular weight is 273 g/mol. The molecule has 0 atom stereocenters. The molecule has 0 aliphatic carbocycles. The van der Waals surface area contributed by atoms with Crippen LogP contribution in [0.25, 0.3) is 0 Å². The van der Waals surface area contributed by atoms with Crippen molar-refractivity contribution in [1.29, 1.82) is 0 Å². The zero-order valence-corrected chi connectivity index (χ0v) is 14.0. The molecule has 0 fully saturated rings. The summed E-state index contributed by atoms with van der Waals surface area (Å²) >= 11 is 0. The Hall–Kier alpha value is -0.120. The Bertz CT molecular complexity index is 207. The molecule has 0 aromatic rings. The van der Waals surface area contributed by atoms with Gasteiger partial charge in [0, 0.05) is 39.0 Å². The smallest absolute Gasteiger partial charge is 0.0487 e. The Morgan fingerprint density at radius 3 is 2.05 bits per heavy atom. The molecule has 19 heavy (non-hydrogen) atoms. The molecule has 116 valence electrons. The maximum Gasteiger partial charge on any atom is 0.0487 e. The first-order chi connectivity index (χ1) is 8.89. The third-order valence-corrected chi connectivity index (χ3v) is 3.91. The fourth-order valence-electron chi connectivity index (χ4n) is 2.09. The molecule has 0 amide bonds. The Labute approximate surface area is 120 Å². The minimum Gasteiger partial charge on any atom is -0.385 e. The van der Waals surface area contributed by atoms with Crippen LogP contribution in [-0.2, 0) is 9.47 Å². The normalized spacial score (nSPS) is 12.9. The average Bonchev–Trinajstić information content (AvgIpc) is 2.37. The van der Waals surface area contributed by atoms with Crippen molar-refractivity contribution in [3.63, 3.8) is 0 Å². The van der Waals surface area contributed by atoms with Gasteiger partial charge in [0.2, 0.25) is 0 Å². The van der Waals surface area contributed by atoms with Gasteiger partial charge in [-0.3, -0.25) is 0 Å². The third kappa shape index (κ3) is 9.42. The maximum absolute atomic E-state index is 5.72. The first kappa shape index (κ1) is 18.9. The van der Waals surface area contributed by atoms with Crippen molar-refractivity contribution in [3.05, 3.63) is 0 Å². The van der Waals surface area contributed by atoms with E-state index in [0.29, 0.717) is 5.41 Å². The zero-order chi connectivity index (χ0) is 14.8. The molecule has 3 nitrogen and oxygen atoms in total. The zero-order valence-electron chi connectivity index (χ0n) is 14.0. The van der Waals surface area contributed by atoms with Crippen molar-refractivity contribution in [3.8, 4) is 0 Å². The second kappa shape index (κ2) is 9.73. The van der Waals surface area contributed by atoms with Gasteiger partial charge in [0.15, 0.2) is 0 Å². The van der Waals surface area contributed by atoms with E-state index in [-0.39, 0.29) is 5.54 Å². The quantitative estimate of drug-likeness (QED) is 0.583. The van der Waals surface area contributed by atoms with Gasteiger partial charge >= 0.3 is 0 Å². The van der Waals surface area contributed by atoms with Crippen LogP contribution in [0.15, 0.2) is 0 Å². The molecule has 0 aliphatic heterocycles. The molecule has 0 spiro atoms. The third-order valence-electron chi connectivity index (χ3n) is 3.91. The van der Waals surface area contributed by atoms with E-state index in [1.165, 1.54) is 12.8 Å². The topological polar surface area (TPSA) is 30.5 Å². The highest BCUT2D eigenvalue weighted by Gasteiger charge is 2.27. The Morgan fingerprint density at radius 2 is 1.58 bits per heavy atom. The molecule has 0 bridgehead atoms. The van der Waals surface area contributed by atoms with Gasteiger partial charge in [-0.25, -0.2) is 0 Å². The van der Waals surface area contributed by atoms with E-state index in [1.807, 2.05) is 0 Å². The summed E-state index contributed by atoms with van der Waals surface area (Å²) in [4.78, 5) is 0. The molecule has 0 aromatic heterocycles. The lowest BCUT2D eigenvalue weighted by Crippen LogP contribution is -2.44.